The summed E-state index contributed by atoms with van der Waals surface area (Å²) in [7, 11) is -0.348. The lowest BCUT2D eigenvalue weighted by atomic mass is 10.2. The van der Waals surface area contributed by atoms with E-state index >= 15 is 0 Å². The maximum Gasteiger partial charge on any atom is 0.252 e. The molecule has 10 heteroatoms. The minimum atomic E-state index is -3.48. The van der Waals surface area contributed by atoms with Crippen LogP contribution in [-0.2, 0) is 26.0 Å². The molecule has 8 nitrogen and oxygen atoms in total. The molecule has 1 aromatic carbocycles. The van der Waals surface area contributed by atoms with Crippen molar-refractivity contribution in [3.63, 3.8) is 0 Å². The highest BCUT2D eigenvalue weighted by molar-refractivity contribution is 7.91. The normalized spacial score (nSPS) is 14.9. The van der Waals surface area contributed by atoms with Crippen LogP contribution in [0.1, 0.15) is 24.1 Å². The van der Waals surface area contributed by atoms with Crippen molar-refractivity contribution in [1.29, 1.82) is 0 Å². The van der Waals surface area contributed by atoms with Gasteiger partial charge in [-0.1, -0.05) is 6.42 Å². The van der Waals surface area contributed by atoms with Gasteiger partial charge >= 0.3 is 0 Å². The number of hydrogen-bond acceptors (Lipinski definition) is 7. The van der Waals surface area contributed by atoms with Gasteiger partial charge < -0.3 is 19.5 Å². The van der Waals surface area contributed by atoms with Crippen molar-refractivity contribution in [1.82, 2.24) is 4.31 Å². The SMILES string of the molecule is COCCOc1cc(NC(=O)Cc2ccc(S(=O)(=O)N3CCCCC3)s2)ccc1OC. The van der Waals surface area contributed by atoms with Crippen molar-refractivity contribution in [2.75, 3.05) is 45.8 Å². The Bertz CT molecular complexity index is 984. The van der Waals surface area contributed by atoms with Crippen LogP contribution in [-0.4, -0.2) is 59.2 Å². The molecule has 1 aromatic heterocycles. The molecule has 2 heterocycles. The molecule has 0 aliphatic carbocycles. The lowest BCUT2D eigenvalue weighted by molar-refractivity contribution is -0.115. The Morgan fingerprint density at radius 2 is 1.84 bits per heavy atom. The number of methoxy groups -OCH3 is 2. The van der Waals surface area contributed by atoms with Gasteiger partial charge in [-0.3, -0.25) is 4.79 Å². The summed E-state index contributed by atoms with van der Waals surface area (Å²) < 4.78 is 43.3. The molecule has 170 valence electrons. The van der Waals surface area contributed by atoms with E-state index in [-0.39, 0.29) is 16.5 Å². The van der Waals surface area contributed by atoms with Gasteiger partial charge in [0, 0.05) is 36.8 Å². The molecule has 2 aromatic rings. The summed E-state index contributed by atoms with van der Waals surface area (Å²) in [5.74, 6) is 0.820. The highest BCUT2D eigenvalue weighted by Gasteiger charge is 2.27. The second-order valence-electron chi connectivity index (χ2n) is 7.12. The lowest BCUT2D eigenvalue weighted by Gasteiger charge is -2.25. The number of benzene rings is 1. The molecule has 1 amide bonds. The minimum absolute atomic E-state index is 0.0894. The number of nitrogens with one attached hydrogen (secondary N) is 1. The van der Waals surface area contributed by atoms with E-state index in [9.17, 15) is 13.2 Å². The highest BCUT2D eigenvalue weighted by Crippen LogP contribution is 2.31. The number of anilines is 1. The van der Waals surface area contributed by atoms with Gasteiger partial charge in [0.1, 0.15) is 10.8 Å². The first-order valence-electron chi connectivity index (χ1n) is 10.1. The topological polar surface area (TPSA) is 94.2 Å². The monoisotopic (exact) mass is 468 g/mol. The molecule has 0 spiro atoms. The lowest BCUT2D eigenvalue weighted by Crippen LogP contribution is -2.35. The second-order valence-corrected chi connectivity index (χ2v) is 10.5. The van der Waals surface area contributed by atoms with Gasteiger partial charge in [0.25, 0.3) is 10.0 Å². The summed E-state index contributed by atoms with van der Waals surface area (Å²) in [5, 5.41) is 2.82. The predicted octanol–water partition coefficient (Wildman–Crippen LogP) is 3.14. The average molecular weight is 469 g/mol. The van der Waals surface area contributed by atoms with Crippen molar-refractivity contribution >= 4 is 33.0 Å². The number of hydrogen-bond donors (Lipinski definition) is 1. The van der Waals surface area contributed by atoms with Crippen LogP contribution in [0.25, 0.3) is 0 Å². The standard InChI is InChI=1S/C21H28N2O6S2/c1-27-12-13-29-19-14-16(6-8-18(19)28-2)22-20(24)15-17-7-9-21(30-17)31(25,26)23-10-4-3-5-11-23/h6-9,14H,3-5,10-13,15H2,1-2H3,(H,22,24). The van der Waals surface area contributed by atoms with Gasteiger partial charge in [0.15, 0.2) is 11.5 Å². The van der Waals surface area contributed by atoms with E-state index in [1.807, 2.05) is 0 Å². The number of thiophene rings is 1. The summed E-state index contributed by atoms with van der Waals surface area (Å²) in [6.45, 7) is 1.90. The summed E-state index contributed by atoms with van der Waals surface area (Å²) in [6.07, 6.45) is 2.93. The fraction of sp³-hybridized carbons (Fsp3) is 0.476. The Hall–Kier alpha value is -2.14. The minimum Gasteiger partial charge on any atom is -0.493 e. The summed E-state index contributed by atoms with van der Waals surface area (Å²) in [5.41, 5.74) is 0.566. The number of sulfonamides is 1. The Balaban J connectivity index is 1.63. The van der Waals surface area contributed by atoms with Gasteiger partial charge in [0.2, 0.25) is 5.91 Å². The van der Waals surface area contributed by atoms with Crippen LogP contribution in [0.3, 0.4) is 0 Å². The van der Waals surface area contributed by atoms with E-state index in [1.165, 1.54) is 4.31 Å². The maximum atomic E-state index is 12.8. The van der Waals surface area contributed by atoms with Crippen LogP contribution in [0.4, 0.5) is 5.69 Å². The van der Waals surface area contributed by atoms with E-state index in [2.05, 4.69) is 5.32 Å². The molecule has 0 radical (unpaired) electrons. The van der Waals surface area contributed by atoms with Crippen LogP contribution < -0.4 is 14.8 Å². The van der Waals surface area contributed by atoms with Crippen molar-refractivity contribution < 1.29 is 27.4 Å². The third kappa shape index (κ3) is 6.19. The predicted molar refractivity (Wildman–Crippen MR) is 120 cm³/mol. The van der Waals surface area contributed by atoms with Gasteiger partial charge in [0.05, 0.1) is 20.1 Å². The largest absolute Gasteiger partial charge is 0.493 e. The number of carbonyl (C=O) groups is 1. The van der Waals surface area contributed by atoms with Crippen molar-refractivity contribution in [3.05, 3.63) is 35.2 Å². The molecule has 3 rings (SSSR count). The fourth-order valence-corrected chi connectivity index (χ4v) is 6.32. The van der Waals surface area contributed by atoms with Crippen LogP contribution >= 0.6 is 11.3 Å². The molecule has 1 fully saturated rings. The molecule has 31 heavy (non-hydrogen) atoms. The third-order valence-electron chi connectivity index (χ3n) is 4.87. The Kier molecular flexibility index (Phi) is 8.30. The molecule has 0 unspecified atom stereocenters. The number of amides is 1. The van der Waals surface area contributed by atoms with Crippen molar-refractivity contribution in [2.45, 2.75) is 29.9 Å². The Morgan fingerprint density at radius 3 is 2.55 bits per heavy atom. The molecule has 0 bridgehead atoms. The fourth-order valence-electron chi connectivity index (χ4n) is 3.29. The first kappa shape index (κ1) is 23.5. The second kappa shape index (κ2) is 10.9. The van der Waals surface area contributed by atoms with E-state index in [0.29, 0.717) is 48.4 Å². The Morgan fingerprint density at radius 1 is 1.06 bits per heavy atom. The van der Waals surface area contributed by atoms with Crippen LogP contribution in [0.2, 0.25) is 0 Å². The number of rotatable bonds is 10. The molecule has 1 aliphatic heterocycles. The Labute approximate surface area is 187 Å². The molecule has 0 saturated carbocycles. The maximum absolute atomic E-state index is 12.8. The summed E-state index contributed by atoms with van der Waals surface area (Å²) >= 11 is 1.15. The van der Waals surface area contributed by atoms with Crippen molar-refractivity contribution in [3.8, 4) is 11.5 Å². The molecule has 1 saturated heterocycles. The third-order valence-corrected chi connectivity index (χ3v) is 8.32. The molecule has 1 N–H and O–H groups in total. The molecule has 1 aliphatic rings. The van der Waals surface area contributed by atoms with Gasteiger partial charge in [-0.05, 0) is 37.1 Å². The van der Waals surface area contributed by atoms with E-state index in [4.69, 9.17) is 14.2 Å². The zero-order valence-corrected chi connectivity index (χ0v) is 19.4. The molecule has 0 atom stereocenters. The smallest absolute Gasteiger partial charge is 0.252 e. The van der Waals surface area contributed by atoms with Crippen LogP contribution in [0.5, 0.6) is 11.5 Å². The highest BCUT2D eigenvalue weighted by atomic mass is 32.2. The summed E-state index contributed by atoms with van der Waals surface area (Å²) in [4.78, 5) is 13.2. The van der Waals surface area contributed by atoms with Gasteiger partial charge in [-0.25, -0.2) is 8.42 Å². The number of nitrogens with zero attached hydrogens (tertiary/aromatic N) is 1. The first-order valence-corrected chi connectivity index (χ1v) is 12.4. The summed E-state index contributed by atoms with van der Waals surface area (Å²) in [6, 6.07) is 8.42. The quantitative estimate of drug-likeness (QED) is 0.539. The van der Waals surface area contributed by atoms with Crippen LogP contribution in [0.15, 0.2) is 34.5 Å². The van der Waals surface area contributed by atoms with Crippen molar-refractivity contribution in [2.24, 2.45) is 0 Å². The number of carbonyl (C=O) groups excluding carboxylic acids is 1. The van der Waals surface area contributed by atoms with Gasteiger partial charge in [-0.15, -0.1) is 11.3 Å². The van der Waals surface area contributed by atoms with E-state index in [1.54, 1.807) is 44.6 Å². The zero-order chi connectivity index (χ0) is 22.3. The zero-order valence-electron chi connectivity index (χ0n) is 17.8. The van der Waals surface area contributed by atoms with Crippen LogP contribution in [0, 0.1) is 0 Å². The van der Waals surface area contributed by atoms with E-state index in [0.717, 1.165) is 30.6 Å². The van der Waals surface area contributed by atoms with Gasteiger partial charge in [-0.2, -0.15) is 4.31 Å². The number of piperidine rings is 1. The first-order chi connectivity index (χ1) is 14.9. The number of ether oxygens (including phenoxy) is 3. The molecular weight excluding hydrogens is 440 g/mol. The molecular formula is C21H28N2O6S2. The average Bonchev–Trinajstić information content (AvgIpc) is 3.24. The van der Waals surface area contributed by atoms with E-state index < -0.39 is 10.0 Å².